The third-order valence-electron chi connectivity index (χ3n) is 3.28. The van der Waals surface area contributed by atoms with Crippen molar-refractivity contribution in [3.8, 4) is 0 Å². The SMILES string of the molecule is COC(=O)C=Cc1ccc(C=C(CO)c2ccc(F)cc2)cc1. The first-order valence-electron chi connectivity index (χ1n) is 7.06. The van der Waals surface area contributed by atoms with Crippen molar-refractivity contribution in [3.05, 3.63) is 77.1 Å². The fourth-order valence-electron chi connectivity index (χ4n) is 2.02. The van der Waals surface area contributed by atoms with Crippen molar-refractivity contribution in [1.82, 2.24) is 0 Å². The largest absolute Gasteiger partial charge is 0.466 e. The van der Waals surface area contributed by atoms with Crippen molar-refractivity contribution in [2.24, 2.45) is 0 Å². The third kappa shape index (κ3) is 4.90. The molecule has 0 aromatic heterocycles. The Labute approximate surface area is 134 Å². The van der Waals surface area contributed by atoms with Crippen LogP contribution in [0, 0.1) is 5.82 Å². The van der Waals surface area contributed by atoms with Gasteiger partial charge in [0.1, 0.15) is 5.82 Å². The summed E-state index contributed by atoms with van der Waals surface area (Å²) in [4.78, 5) is 11.0. The van der Waals surface area contributed by atoms with Crippen LogP contribution in [-0.2, 0) is 9.53 Å². The number of esters is 1. The summed E-state index contributed by atoms with van der Waals surface area (Å²) in [5, 5.41) is 9.51. The second-order valence-corrected chi connectivity index (χ2v) is 4.86. The van der Waals surface area contributed by atoms with Gasteiger partial charge in [0.2, 0.25) is 0 Å². The molecular formula is C19H17FO3. The highest BCUT2D eigenvalue weighted by Crippen LogP contribution is 2.19. The van der Waals surface area contributed by atoms with Crippen LogP contribution in [0.3, 0.4) is 0 Å². The van der Waals surface area contributed by atoms with Gasteiger partial charge in [-0.05, 0) is 46.5 Å². The molecule has 23 heavy (non-hydrogen) atoms. The van der Waals surface area contributed by atoms with Crippen LogP contribution in [0.4, 0.5) is 4.39 Å². The zero-order chi connectivity index (χ0) is 16.7. The van der Waals surface area contributed by atoms with E-state index in [1.165, 1.54) is 25.3 Å². The van der Waals surface area contributed by atoms with Crippen LogP contribution in [0.25, 0.3) is 17.7 Å². The van der Waals surface area contributed by atoms with Crippen molar-refractivity contribution in [2.45, 2.75) is 0 Å². The molecule has 0 spiro atoms. The molecule has 3 nitrogen and oxygen atoms in total. The Morgan fingerprint density at radius 3 is 2.26 bits per heavy atom. The topological polar surface area (TPSA) is 46.5 Å². The van der Waals surface area contributed by atoms with Crippen LogP contribution in [-0.4, -0.2) is 24.8 Å². The summed E-state index contributed by atoms with van der Waals surface area (Å²) < 4.78 is 17.5. The Bertz CT molecular complexity index is 713. The Balaban J connectivity index is 2.19. The molecule has 1 N–H and O–H groups in total. The molecule has 0 aliphatic rings. The summed E-state index contributed by atoms with van der Waals surface area (Å²) in [6.07, 6.45) is 4.84. The van der Waals surface area contributed by atoms with Gasteiger partial charge >= 0.3 is 5.97 Å². The molecule has 0 saturated heterocycles. The van der Waals surface area contributed by atoms with E-state index in [1.807, 2.05) is 30.3 Å². The fourth-order valence-corrected chi connectivity index (χ4v) is 2.02. The Morgan fingerprint density at radius 2 is 1.70 bits per heavy atom. The standard InChI is InChI=1S/C19H17FO3/c1-23-19(22)11-6-14-2-4-15(5-3-14)12-17(13-21)16-7-9-18(20)10-8-16/h2-12,21H,13H2,1H3. The predicted octanol–water partition coefficient (Wildman–Crippen LogP) is 3.54. The van der Waals surface area contributed by atoms with Gasteiger partial charge in [0.25, 0.3) is 0 Å². The second kappa shape index (κ2) is 8.06. The summed E-state index contributed by atoms with van der Waals surface area (Å²) >= 11 is 0. The monoisotopic (exact) mass is 312 g/mol. The Kier molecular flexibility index (Phi) is 5.83. The van der Waals surface area contributed by atoms with Gasteiger partial charge in [-0.3, -0.25) is 0 Å². The molecule has 0 bridgehead atoms. The van der Waals surface area contributed by atoms with E-state index in [9.17, 15) is 14.3 Å². The molecule has 0 unspecified atom stereocenters. The molecule has 2 aromatic rings. The maximum atomic E-state index is 13.0. The van der Waals surface area contributed by atoms with Crippen LogP contribution in [0.15, 0.2) is 54.6 Å². The molecule has 0 radical (unpaired) electrons. The van der Waals surface area contributed by atoms with Gasteiger partial charge in [-0.25, -0.2) is 9.18 Å². The number of ether oxygens (including phenoxy) is 1. The lowest BCUT2D eigenvalue weighted by atomic mass is 10.0. The van der Waals surface area contributed by atoms with Gasteiger partial charge in [-0.1, -0.05) is 36.4 Å². The normalized spacial score (nSPS) is 11.7. The van der Waals surface area contributed by atoms with E-state index < -0.39 is 5.97 Å². The molecule has 0 atom stereocenters. The van der Waals surface area contributed by atoms with Gasteiger partial charge in [0.05, 0.1) is 13.7 Å². The highest BCUT2D eigenvalue weighted by atomic mass is 19.1. The van der Waals surface area contributed by atoms with Crippen LogP contribution >= 0.6 is 0 Å². The van der Waals surface area contributed by atoms with E-state index in [-0.39, 0.29) is 12.4 Å². The van der Waals surface area contributed by atoms with E-state index in [1.54, 1.807) is 18.2 Å². The molecular weight excluding hydrogens is 295 g/mol. The number of carbonyl (C=O) groups is 1. The number of benzene rings is 2. The molecule has 0 amide bonds. The molecule has 0 fully saturated rings. The number of halogens is 1. The zero-order valence-electron chi connectivity index (χ0n) is 12.7. The number of carbonyl (C=O) groups excluding carboxylic acids is 1. The lowest BCUT2D eigenvalue weighted by Gasteiger charge is -2.05. The van der Waals surface area contributed by atoms with Crippen LogP contribution in [0.5, 0.6) is 0 Å². The van der Waals surface area contributed by atoms with E-state index in [0.29, 0.717) is 5.57 Å². The minimum atomic E-state index is -0.409. The number of rotatable bonds is 5. The first-order valence-corrected chi connectivity index (χ1v) is 7.06. The first-order chi connectivity index (χ1) is 11.1. The van der Waals surface area contributed by atoms with Crippen LogP contribution in [0.2, 0.25) is 0 Å². The molecule has 2 rings (SSSR count). The highest BCUT2D eigenvalue weighted by Gasteiger charge is 2.01. The van der Waals surface area contributed by atoms with E-state index in [4.69, 9.17) is 0 Å². The lowest BCUT2D eigenvalue weighted by Crippen LogP contribution is -1.93. The number of aliphatic hydroxyl groups excluding tert-OH is 1. The molecule has 118 valence electrons. The Hall–Kier alpha value is -2.72. The summed E-state index contributed by atoms with van der Waals surface area (Å²) in [7, 11) is 1.33. The van der Waals surface area contributed by atoms with Crippen molar-refractivity contribution in [1.29, 1.82) is 0 Å². The van der Waals surface area contributed by atoms with Gasteiger partial charge in [-0.15, -0.1) is 0 Å². The average Bonchev–Trinajstić information content (AvgIpc) is 2.59. The van der Waals surface area contributed by atoms with Crippen LogP contribution in [0.1, 0.15) is 16.7 Å². The summed E-state index contributed by atoms with van der Waals surface area (Å²) in [6, 6.07) is 13.4. The number of methoxy groups -OCH3 is 1. The highest BCUT2D eigenvalue weighted by molar-refractivity contribution is 5.87. The summed E-state index contributed by atoms with van der Waals surface area (Å²) in [5.74, 6) is -0.722. The number of hydrogen-bond donors (Lipinski definition) is 1. The minimum absolute atomic E-state index is 0.143. The number of hydrogen-bond acceptors (Lipinski definition) is 3. The first kappa shape index (κ1) is 16.6. The molecule has 0 saturated carbocycles. The van der Waals surface area contributed by atoms with Gasteiger partial charge in [0, 0.05) is 6.08 Å². The van der Waals surface area contributed by atoms with Crippen molar-refractivity contribution in [3.63, 3.8) is 0 Å². The predicted molar refractivity (Wildman–Crippen MR) is 88.8 cm³/mol. The molecule has 2 aromatic carbocycles. The fraction of sp³-hybridized carbons (Fsp3) is 0.105. The smallest absolute Gasteiger partial charge is 0.330 e. The van der Waals surface area contributed by atoms with Gasteiger partial charge in [0.15, 0.2) is 0 Å². The third-order valence-corrected chi connectivity index (χ3v) is 3.28. The maximum absolute atomic E-state index is 13.0. The van der Waals surface area contributed by atoms with Gasteiger partial charge in [-0.2, -0.15) is 0 Å². The van der Waals surface area contributed by atoms with E-state index in [2.05, 4.69) is 4.74 Å². The molecule has 4 heteroatoms. The second-order valence-electron chi connectivity index (χ2n) is 4.86. The lowest BCUT2D eigenvalue weighted by molar-refractivity contribution is -0.134. The maximum Gasteiger partial charge on any atom is 0.330 e. The average molecular weight is 312 g/mol. The van der Waals surface area contributed by atoms with Crippen LogP contribution < -0.4 is 0 Å². The zero-order valence-corrected chi connectivity index (χ0v) is 12.7. The summed E-state index contributed by atoms with van der Waals surface area (Å²) in [6.45, 7) is -0.143. The van der Waals surface area contributed by atoms with E-state index in [0.717, 1.165) is 16.7 Å². The van der Waals surface area contributed by atoms with E-state index >= 15 is 0 Å². The molecule has 0 heterocycles. The van der Waals surface area contributed by atoms with Crippen molar-refractivity contribution >= 4 is 23.7 Å². The number of aliphatic hydroxyl groups is 1. The quantitative estimate of drug-likeness (QED) is 0.522. The Morgan fingerprint density at radius 1 is 1.09 bits per heavy atom. The summed E-state index contributed by atoms with van der Waals surface area (Å²) in [5.41, 5.74) is 3.22. The van der Waals surface area contributed by atoms with Crippen molar-refractivity contribution < 1.29 is 19.0 Å². The molecule has 0 aliphatic heterocycles. The van der Waals surface area contributed by atoms with Gasteiger partial charge < -0.3 is 9.84 Å². The minimum Gasteiger partial charge on any atom is -0.466 e. The molecule has 0 aliphatic carbocycles. The van der Waals surface area contributed by atoms with Crippen molar-refractivity contribution in [2.75, 3.05) is 13.7 Å².